The van der Waals surface area contributed by atoms with Crippen LogP contribution >= 0.6 is 11.6 Å². The fraction of sp³-hybridized carbons (Fsp3) is 0.174. The molecule has 4 aromatic rings. The Morgan fingerprint density at radius 2 is 1.94 bits per heavy atom. The molecule has 0 amide bonds. The molecule has 2 N–H and O–H groups in total. The molecule has 4 rings (SSSR count). The summed E-state index contributed by atoms with van der Waals surface area (Å²) in [6, 6.07) is 11.7. The van der Waals surface area contributed by atoms with Gasteiger partial charge in [-0.05, 0) is 48.5 Å². The van der Waals surface area contributed by atoms with Gasteiger partial charge in [-0.1, -0.05) is 11.6 Å². The topological polar surface area (TPSA) is 59.0 Å². The number of hydrogen-bond donors (Lipinski definition) is 2. The summed E-state index contributed by atoms with van der Waals surface area (Å²) in [6.45, 7) is 0.285. The van der Waals surface area contributed by atoms with Gasteiger partial charge in [0.25, 0.3) is 5.56 Å². The molecule has 0 saturated carbocycles. The van der Waals surface area contributed by atoms with E-state index in [1.54, 1.807) is 18.2 Å². The van der Waals surface area contributed by atoms with Crippen LogP contribution < -0.4 is 15.6 Å². The van der Waals surface area contributed by atoms with Gasteiger partial charge >= 0.3 is 6.18 Å². The summed E-state index contributed by atoms with van der Waals surface area (Å²) in [5, 5.41) is 3.67. The van der Waals surface area contributed by atoms with Crippen molar-refractivity contribution >= 4 is 28.2 Å². The van der Waals surface area contributed by atoms with Crippen molar-refractivity contribution in [1.82, 2.24) is 9.55 Å². The van der Waals surface area contributed by atoms with Crippen molar-refractivity contribution in [1.29, 1.82) is 0 Å². The van der Waals surface area contributed by atoms with Gasteiger partial charge in [-0.15, -0.1) is 0 Å². The highest BCUT2D eigenvalue weighted by Crippen LogP contribution is 2.41. The lowest BCUT2D eigenvalue weighted by Gasteiger charge is -2.18. The summed E-state index contributed by atoms with van der Waals surface area (Å²) < 4.78 is 47.8. The Bertz CT molecular complexity index is 1360. The predicted octanol–water partition coefficient (Wildman–Crippen LogP) is 5.83. The first-order valence-corrected chi connectivity index (χ1v) is 10.0. The number of nitrogens with zero attached hydrogens (tertiary/aromatic N) is 1. The maximum absolute atomic E-state index is 13.5. The Labute approximate surface area is 186 Å². The van der Waals surface area contributed by atoms with Gasteiger partial charge in [-0.3, -0.25) is 4.79 Å². The summed E-state index contributed by atoms with van der Waals surface area (Å²) >= 11 is 6.20. The fourth-order valence-corrected chi connectivity index (χ4v) is 3.82. The first-order chi connectivity index (χ1) is 15.2. The van der Waals surface area contributed by atoms with Crippen LogP contribution in [0.3, 0.4) is 0 Å². The quantitative estimate of drug-likeness (QED) is 0.393. The first kappa shape index (κ1) is 21.8. The molecular formula is C23H19ClF3N3O2. The number of pyridine rings is 1. The lowest BCUT2D eigenvalue weighted by molar-refractivity contribution is -0.137. The molecule has 0 fully saturated rings. The summed E-state index contributed by atoms with van der Waals surface area (Å²) in [5.74, 6) is 0.376. The molecule has 0 atom stereocenters. The second kappa shape index (κ2) is 8.27. The Morgan fingerprint density at radius 3 is 2.59 bits per heavy atom. The molecule has 0 radical (unpaired) electrons. The van der Waals surface area contributed by atoms with Gasteiger partial charge in [-0.25, -0.2) is 0 Å². The van der Waals surface area contributed by atoms with E-state index in [2.05, 4.69) is 10.3 Å². The smallest absolute Gasteiger partial charge is 0.416 e. The number of aromatic amines is 1. The van der Waals surface area contributed by atoms with Crippen LogP contribution in [0.25, 0.3) is 22.0 Å². The third-order valence-electron chi connectivity index (χ3n) is 5.27. The average Bonchev–Trinajstić information content (AvgIpc) is 3.15. The normalized spacial score (nSPS) is 11.7. The van der Waals surface area contributed by atoms with Crippen molar-refractivity contribution in [3.63, 3.8) is 0 Å². The highest BCUT2D eigenvalue weighted by molar-refractivity contribution is 6.31. The number of aromatic nitrogens is 2. The van der Waals surface area contributed by atoms with Gasteiger partial charge in [0.2, 0.25) is 0 Å². The SMILES string of the molecule is COc1ccc(Cl)cc1-c1c(NCc2cccn2C)c(=O)[nH]c2ccc(C(F)(F)F)cc12. The number of halogens is 4. The van der Waals surface area contributed by atoms with E-state index in [-0.39, 0.29) is 28.7 Å². The maximum Gasteiger partial charge on any atom is 0.416 e. The van der Waals surface area contributed by atoms with Crippen LogP contribution in [0.4, 0.5) is 18.9 Å². The van der Waals surface area contributed by atoms with E-state index < -0.39 is 17.3 Å². The van der Waals surface area contributed by atoms with Crippen molar-refractivity contribution in [2.24, 2.45) is 7.05 Å². The molecule has 0 aliphatic carbocycles. The van der Waals surface area contributed by atoms with E-state index in [0.29, 0.717) is 16.3 Å². The third kappa shape index (κ3) is 4.05. The summed E-state index contributed by atoms with van der Waals surface area (Å²) in [6.07, 6.45) is -2.69. The van der Waals surface area contributed by atoms with E-state index in [0.717, 1.165) is 17.8 Å². The van der Waals surface area contributed by atoms with Crippen molar-refractivity contribution in [3.05, 3.63) is 81.4 Å². The molecule has 166 valence electrons. The van der Waals surface area contributed by atoms with E-state index in [1.165, 1.54) is 13.2 Å². The van der Waals surface area contributed by atoms with Gasteiger partial charge in [0.05, 0.1) is 19.2 Å². The molecule has 0 spiro atoms. The number of nitrogens with one attached hydrogen (secondary N) is 2. The molecule has 2 aromatic heterocycles. The zero-order valence-electron chi connectivity index (χ0n) is 17.2. The van der Waals surface area contributed by atoms with Crippen LogP contribution in [-0.4, -0.2) is 16.7 Å². The molecule has 0 unspecified atom stereocenters. The zero-order chi connectivity index (χ0) is 23.0. The summed E-state index contributed by atoms with van der Waals surface area (Å²) in [4.78, 5) is 15.7. The highest BCUT2D eigenvalue weighted by Gasteiger charge is 2.31. The Morgan fingerprint density at radius 1 is 1.16 bits per heavy atom. The lowest BCUT2D eigenvalue weighted by atomic mass is 9.96. The predicted molar refractivity (Wildman–Crippen MR) is 119 cm³/mol. The average molecular weight is 462 g/mol. The lowest BCUT2D eigenvalue weighted by Crippen LogP contribution is -2.17. The third-order valence-corrected chi connectivity index (χ3v) is 5.51. The Balaban J connectivity index is 2.02. The number of ether oxygens (including phenoxy) is 1. The fourth-order valence-electron chi connectivity index (χ4n) is 3.65. The van der Waals surface area contributed by atoms with Crippen molar-refractivity contribution in [2.45, 2.75) is 12.7 Å². The molecule has 0 aliphatic heterocycles. The van der Waals surface area contributed by atoms with Crippen LogP contribution in [0.5, 0.6) is 5.75 Å². The van der Waals surface area contributed by atoms with Crippen molar-refractivity contribution in [3.8, 4) is 16.9 Å². The van der Waals surface area contributed by atoms with Gasteiger partial charge < -0.3 is 19.6 Å². The minimum Gasteiger partial charge on any atom is -0.496 e. The second-order valence-electron chi connectivity index (χ2n) is 7.27. The molecule has 9 heteroatoms. The van der Waals surface area contributed by atoms with Crippen LogP contribution in [0, 0.1) is 0 Å². The standard InChI is InChI=1S/C23H19ClF3N3O2/c1-30-9-3-4-15(30)12-28-21-20(17-11-14(24)6-8-19(17)32-2)16-10-13(23(25,26)27)5-7-18(16)29-22(21)31/h3-11,28H,12H2,1-2H3,(H,29,31). The largest absolute Gasteiger partial charge is 0.496 e. The first-order valence-electron chi connectivity index (χ1n) is 9.64. The maximum atomic E-state index is 13.5. The highest BCUT2D eigenvalue weighted by atomic mass is 35.5. The van der Waals surface area contributed by atoms with E-state index in [1.807, 2.05) is 29.9 Å². The van der Waals surface area contributed by atoms with Crippen LogP contribution in [0.15, 0.2) is 59.5 Å². The number of alkyl halides is 3. The summed E-state index contributed by atoms with van der Waals surface area (Å²) in [7, 11) is 3.30. The van der Waals surface area contributed by atoms with Crippen LogP contribution in [0.1, 0.15) is 11.3 Å². The molecule has 32 heavy (non-hydrogen) atoms. The number of benzene rings is 2. The second-order valence-corrected chi connectivity index (χ2v) is 7.71. The number of methoxy groups -OCH3 is 1. The molecule has 2 heterocycles. The van der Waals surface area contributed by atoms with E-state index in [4.69, 9.17) is 16.3 Å². The number of H-pyrrole nitrogens is 1. The van der Waals surface area contributed by atoms with Gasteiger partial charge in [0, 0.05) is 46.0 Å². The van der Waals surface area contributed by atoms with Crippen LogP contribution in [0.2, 0.25) is 5.02 Å². The minimum atomic E-state index is -4.54. The van der Waals surface area contributed by atoms with Gasteiger partial charge in [-0.2, -0.15) is 13.2 Å². The van der Waals surface area contributed by atoms with E-state index >= 15 is 0 Å². The Kier molecular flexibility index (Phi) is 5.64. The van der Waals surface area contributed by atoms with Gasteiger partial charge in [0.15, 0.2) is 0 Å². The van der Waals surface area contributed by atoms with E-state index in [9.17, 15) is 18.0 Å². The molecule has 5 nitrogen and oxygen atoms in total. The van der Waals surface area contributed by atoms with Gasteiger partial charge in [0.1, 0.15) is 11.4 Å². The number of hydrogen-bond acceptors (Lipinski definition) is 3. The Hall–Kier alpha value is -3.39. The van der Waals surface area contributed by atoms with Crippen LogP contribution in [-0.2, 0) is 19.8 Å². The monoisotopic (exact) mass is 461 g/mol. The van der Waals surface area contributed by atoms with Crippen molar-refractivity contribution < 1.29 is 17.9 Å². The molecule has 2 aromatic carbocycles. The number of aryl methyl sites for hydroxylation is 1. The number of rotatable bonds is 5. The van der Waals surface area contributed by atoms with Crippen molar-refractivity contribution in [2.75, 3.05) is 12.4 Å². The molecular weight excluding hydrogens is 443 g/mol. The molecule has 0 saturated heterocycles. The zero-order valence-corrected chi connectivity index (χ0v) is 17.9. The number of anilines is 1. The summed E-state index contributed by atoms with van der Waals surface area (Å²) in [5.41, 5.74) is 0.671. The minimum absolute atomic E-state index is 0.124. The molecule has 0 aliphatic rings. The number of fused-ring (bicyclic) bond motifs is 1. The molecule has 0 bridgehead atoms.